The van der Waals surface area contributed by atoms with E-state index in [0.29, 0.717) is 55.5 Å². The molecule has 53 heavy (non-hydrogen) atoms. The summed E-state index contributed by atoms with van der Waals surface area (Å²) in [6.07, 6.45) is 1.52. The first-order valence-electron chi connectivity index (χ1n) is 18.0. The molecule has 3 aliphatic heterocycles. The number of nitrogens with zero attached hydrogens (tertiary/aromatic N) is 3. The van der Waals surface area contributed by atoms with Crippen LogP contribution in [0.3, 0.4) is 0 Å². The molecule has 0 radical (unpaired) electrons. The summed E-state index contributed by atoms with van der Waals surface area (Å²) >= 11 is 12.4. The Bertz CT molecular complexity index is 1950. The summed E-state index contributed by atoms with van der Waals surface area (Å²) in [4.78, 5) is 60.8. The number of benzene rings is 4. The maximum absolute atomic E-state index is 14.3. The summed E-state index contributed by atoms with van der Waals surface area (Å²) in [5, 5.41) is 10.5. The lowest BCUT2D eigenvalue weighted by molar-refractivity contribution is -0.141. The summed E-state index contributed by atoms with van der Waals surface area (Å²) in [5.74, 6) is -0.843. The van der Waals surface area contributed by atoms with E-state index in [-0.39, 0.29) is 43.3 Å². The monoisotopic (exact) mass is 752 g/mol. The molecule has 3 heterocycles. The van der Waals surface area contributed by atoms with Crippen LogP contribution < -0.4 is 20.9 Å². The normalized spacial score (nSPS) is 18.4. The lowest BCUT2D eigenvalue weighted by Crippen LogP contribution is -2.60. The van der Waals surface area contributed by atoms with Crippen LogP contribution in [0.4, 0.5) is 5.69 Å². The highest BCUT2D eigenvalue weighted by molar-refractivity contribution is 6.30. The fraction of sp³-hybridized carbons (Fsp3) is 0.317. The van der Waals surface area contributed by atoms with Crippen LogP contribution in [-0.4, -0.2) is 77.4 Å². The molecule has 0 bridgehead atoms. The van der Waals surface area contributed by atoms with Crippen LogP contribution in [0, 0.1) is 0 Å². The number of carbonyl (C=O) groups is 4. The van der Waals surface area contributed by atoms with Crippen molar-refractivity contribution in [3.63, 3.8) is 0 Å². The molecule has 2 saturated heterocycles. The number of hydrogen-bond donors (Lipinski definition) is 3. The summed E-state index contributed by atoms with van der Waals surface area (Å²) in [6, 6.07) is 31.0. The van der Waals surface area contributed by atoms with Crippen LogP contribution in [0.1, 0.15) is 35.1 Å². The third-order valence-corrected chi connectivity index (χ3v) is 11.1. The fourth-order valence-corrected chi connectivity index (χ4v) is 7.90. The molecule has 4 aromatic carbocycles. The number of hydrogen-bond acceptors (Lipinski definition) is 6. The molecule has 2 unspecified atom stereocenters. The van der Waals surface area contributed by atoms with E-state index in [9.17, 15) is 19.2 Å². The zero-order valence-electron chi connectivity index (χ0n) is 29.3. The second-order valence-corrected chi connectivity index (χ2v) is 14.8. The predicted octanol–water partition coefficient (Wildman–Crippen LogP) is 4.72. The maximum Gasteiger partial charge on any atom is 0.250 e. The molecular weight excluding hydrogens is 711 g/mol. The smallest absolute Gasteiger partial charge is 0.250 e. The van der Waals surface area contributed by atoms with Crippen molar-refractivity contribution in [3.8, 4) is 0 Å². The first-order valence-corrected chi connectivity index (χ1v) is 18.7. The molecule has 0 aromatic heterocycles. The van der Waals surface area contributed by atoms with Gasteiger partial charge in [-0.2, -0.15) is 0 Å². The van der Waals surface area contributed by atoms with Gasteiger partial charge in [0.1, 0.15) is 18.1 Å². The number of likely N-dealkylation sites (tertiary alicyclic amines) is 1. The zero-order valence-corrected chi connectivity index (χ0v) is 30.8. The number of amides is 4. The van der Waals surface area contributed by atoms with Gasteiger partial charge < -0.3 is 30.7 Å². The van der Waals surface area contributed by atoms with Crippen LogP contribution in [0.25, 0.3) is 0 Å². The number of piperidine rings is 1. The Morgan fingerprint density at radius 3 is 2.15 bits per heavy atom. The van der Waals surface area contributed by atoms with Crippen LogP contribution in [-0.2, 0) is 45.1 Å². The minimum atomic E-state index is -0.960. The molecule has 0 saturated carbocycles. The Labute approximate surface area is 319 Å². The largest absolute Gasteiger partial charge is 0.350 e. The van der Waals surface area contributed by atoms with Gasteiger partial charge in [-0.3, -0.25) is 19.2 Å². The SMILES string of the molecule is O=C(CN1CN(c2ccc(Cl)cc2)C2(CCN(C(=O)C(Cc3ccc(Cl)cc3)NC(=O)C3Cc4ccccc4CN3)CC2)C1=O)NCc1ccccc1. The summed E-state index contributed by atoms with van der Waals surface area (Å²) in [6.45, 7) is 1.66. The molecule has 4 amide bonds. The first kappa shape index (κ1) is 36.5. The topological polar surface area (TPSA) is 114 Å². The van der Waals surface area contributed by atoms with E-state index in [0.717, 1.165) is 27.9 Å². The van der Waals surface area contributed by atoms with E-state index in [1.807, 2.05) is 77.7 Å². The third-order valence-electron chi connectivity index (χ3n) is 10.6. The molecule has 0 aliphatic carbocycles. The Morgan fingerprint density at radius 1 is 0.811 bits per heavy atom. The highest BCUT2D eigenvalue weighted by Gasteiger charge is 2.54. The maximum atomic E-state index is 14.3. The fourth-order valence-electron chi connectivity index (χ4n) is 7.65. The number of anilines is 1. The van der Waals surface area contributed by atoms with Gasteiger partial charge >= 0.3 is 0 Å². The van der Waals surface area contributed by atoms with Crippen molar-refractivity contribution in [1.29, 1.82) is 0 Å². The van der Waals surface area contributed by atoms with E-state index in [4.69, 9.17) is 23.2 Å². The van der Waals surface area contributed by atoms with Gasteiger partial charge in [0.15, 0.2) is 0 Å². The lowest BCUT2D eigenvalue weighted by atomic mass is 9.85. The van der Waals surface area contributed by atoms with Gasteiger partial charge in [-0.15, -0.1) is 0 Å². The molecule has 2 atom stereocenters. The van der Waals surface area contributed by atoms with Gasteiger partial charge in [-0.1, -0.05) is 89.9 Å². The molecule has 274 valence electrons. The molecule has 2 fully saturated rings. The zero-order chi connectivity index (χ0) is 37.0. The van der Waals surface area contributed by atoms with Crippen LogP contribution >= 0.6 is 23.2 Å². The minimum Gasteiger partial charge on any atom is -0.350 e. The number of nitrogens with one attached hydrogen (secondary N) is 3. The van der Waals surface area contributed by atoms with E-state index in [2.05, 4.69) is 22.0 Å². The molecule has 1 spiro atoms. The number of halogens is 2. The van der Waals surface area contributed by atoms with Crippen molar-refractivity contribution >= 4 is 52.5 Å². The molecular formula is C41H42Cl2N6O4. The van der Waals surface area contributed by atoms with Crippen molar-refractivity contribution in [2.24, 2.45) is 0 Å². The summed E-state index contributed by atoms with van der Waals surface area (Å²) in [7, 11) is 0. The summed E-state index contributed by atoms with van der Waals surface area (Å²) in [5.41, 5.74) is 3.96. The second-order valence-electron chi connectivity index (χ2n) is 14.0. The van der Waals surface area contributed by atoms with Crippen LogP contribution in [0.5, 0.6) is 0 Å². The molecule has 4 aromatic rings. The standard InChI is InChI=1S/C41H42Cl2N6O4/c42-32-12-10-28(11-13-32)22-36(46-38(51)35-23-30-8-4-5-9-31(30)25-44-35)39(52)47-20-18-41(19-21-47)40(53)48(27-49(41)34-16-14-33(43)15-17-34)26-37(50)45-24-29-6-2-1-3-7-29/h1-17,35-36,44H,18-27H2,(H,45,50)(H,46,51). The number of fused-ring (bicyclic) bond motifs is 1. The van der Waals surface area contributed by atoms with Crippen molar-refractivity contribution in [2.75, 3.05) is 31.2 Å². The van der Waals surface area contributed by atoms with E-state index in [1.54, 1.807) is 34.1 Å². The number of carbonyl (C=O) groups excluding carboxylic acids is 4. The Hall–Kier alpha value is -4.90. The Morgan fingerprint density at radius 2 is 1.45 bits per heavy atom. The highest BCUT2D eigenvalue weighted by Crippen LogP contribution is 2.40. The minimum absolute atomic E-state index is 0.0883. The van der Waals surface area contributed by atoms with E-state index < -0.39 is 17.6 Å². The van der Waals surface area contributed by atoms with Crippen molar-refractivity contribution < 1.29 is 19.2 Å². The molecule has 12 heteroatoms. The summed E-state index contributed by atoms with van der Waals surface area (Å²) < 4.78 is 0. The van der Waals surface area contributed by atoms with Gasteiger partial charge in [-0.25, -0.2) is 0 Å². The molecule has 10 nitrogen and oxygen atoms in total. The quantitative estimate of drug-likeness (QED) is 0.216. The molecule has 3 aliphatic rings. The first-order chi connectivity index (χ1) is 25.7. The van der Waals surface area contributed by atoms with Gasteiger partial charge in [-0.05, 0) is 77.9 Å². The van der Waals surface area contributed by atoms with Crippen molar-refractivity contribution in [2.45, 2.75) is 56.4 Å². The van der Waals surface area contributed by atoms with Gasteiger partial charge in [0.05, 0.1) is 12.7 Å². The predicted molar refractivity (Wildman–Crippen MR) is 205 cm³/mol. The van der Waals surface area contributed by atoms with Gasteiger partial charge in [0.2, 0.25) is 17.7 Å². The van der Waals surface area contributed by atoms with Crippen molar-refractivity contribution in [3.05, 3.63) is 135 Å². The number of rotatable bonds is 10. The Balaban J connectivity index is 1.07. The van der Waals surface area contributed by atoms with Crippen LogP contribution in [0.15, 0.2) is 103 Å². The van der Waals surface area contributed by atoms with Crippen molar-refractivity contribution in [1.82, 2.24) is 25.8 Å². The molecule has 7 rings (SSSR count). The van der Waals surface area contributed by atoms with Gasteiger partial charge in [0.25, 0.3) is 5.91 Å². The van der Waals surface area contributed by atoms with Crippen LogP contribution in [0.2, 0.25) is 10.0 Å². The van der Waals surface area contributed by atoms with E-state index >= 15 is 0 Å². The highest BCUT2D eigenvalue weighted by atomic mass is 35.5. The lowest BCUT2D eigenvalue weighted by Gasteiger charge is -2.44. The Kier molecular flexibility index (Phi) is 11.0. The third kappa shape index (κ3) is 8.20. The van der Waals surface area contributed by atoms with E-state index in [1.165, 1.54) is 0 Å². The molecule has 3 N–H and O–H groups in total. The second kappa shape index (κ2) is 16.0. The average Bonchev–Trinajstić information content (AvgIpc) is 3.44. The average molecular weight is 754 g/mol. The van der Waals surface area contributed by atoms with Gasteiger partial charge in [0, 0.05) is 48.3 Å².